The second kappa shape index (κ2) is 15.1. The van der Waals surface area contributed by atoms with E-state index >= 15 is 0 Å². The number of halogens is 2. The van der Waals surface area contributed by atoms with Crippen LogP contribution in [-0.2, 0) is 19.1 Å². The van der Waals surface area contributed by atoms with Gasteiger partial charge in [-0.05, 0) is 0 Å². The number of benzene rings is 4. The van der Waals surface area contributed by atoms with Gasteiger partial charge in [-0.3, -0.25) is 0 Å². The van der Waals surface area contributed by atoms with Crippen molar-refractivity contribution in [3.05, 3.63) is 97.1 Å². The molecule has 4 aromatic carbocycles. The van der Waals surface area contributed by atoms with Crippen LogP contribution in [0, 0.1) is 0 Å². The van der Waals surface area contributed by atoms with Crippen molar-refractivity contribution in [2.24, 2.45) is 0 Å². The Balaban J connectivity index is 1.69. The minimum atomic E-state index is -3.02. The summed E-state index contributed by atoms with van der Waals surface area (Å²) in [4.78, 5) is 24.9. The number of carbonyl (C=O) groups is 2. The van der Waals surface area contributed by atoms with Gasteiger partial charge >= 0.3 is 292 Å². The molecular formula is C36H38I2O6Te. The molecule has 9 heteroatoms. The Labute approximate surface area is 289 Å². The van der Waals surface area contributed by atoms with Gasteiger partial charge in [-0.1, -0.05) is 0 Å². The zero-order valence-corrected chi connectivity index (χ0v) is 32.9. The maximum atomic E-state index is 12.4. The summed E-state index contributed by atoms with van der Waals surface area (Å²) in [7, 11) is -3.02. The predicted molar refractivity (Wildman–Crippen MR) is 199 cm³/mol. The van der Waals surface area contributed by atoms with Gasteiger partial charge in [0, 0.05) is 0 Å². The van der Waals surface area contributed by atoms with Crippen molar-refractivity contribution in [2.45, 2.75) is 52.7 Å². The average molecular weight is 948 g/mol. The number of hydrogen-bond acceptors (Lipinski definition) is 6. The zero-order valence-electron chi connectivity index (χ0n) is 26.3. The fraction of sp³-hybridized carbons (Fsp3) is 0.278. The third-order valence-electron chi connectivity index (χ3n) is 6.19. The molecule has 0 radical (unpaired) electrons. The predicted octanol–water partition coefficient (Wildman–Crippen LogP) is 7.89. The average Bonchev–Trinajstić information content (AvgIpc) is 2.98. The Morgan fingerprint density at radius 2 is 0.933 bits per heavy atom. The zero-order chi connectivity index (χ0) is 32.8. The van der Waals surface area contributed by atoms with Crippen LogP contribution in [0.2, 0.25) is 0 Å². The van der Waals surface area contributed by atoms with E-state index in [1.165, 1.54) is 7.22 Å². The summed E-state index contributed by atoms with van der Waals surface area (Å²) in [5, 5.41) is 0. The van der Waals surface area contributed by atoms with E-state index in [-0.39, 0.29) is 13.2 Å². The fourth-order valence-corrected chi connectivity index (χ4v) is 15.4. The van der Waals surface area contributed by atoms with Gasteiger partial charge in [0.1, 0.15) is 0 Å². The maximum absolute atomic E-state index is 12.4. The molecular weight excluding hydrogens is 910 g/mol. The Morgan fingerprint density at radius 1 is 0.578 bits per heavy atom. The van der Waals surface area contributed by atoms with E-state index in [1.807, 2.05) is 114 Å². The molecule has 238 valence electrons. The SMILES string of the molecule is CC(C)(C)OC(=O)COc1ccc([Te](I)(I)c2ccc(OCC(=O)OC(C)(C)C)c(-c3ccccc3)c2)cc1-c1ccccc1. The summed E-state index contributed by atoms with van der Waals surface area (Å²) >= 11 is 5.29. The van der Waals surface area contributed by atoms with Crippen LogP contribution in [0.3, 0.4) is 0 Å². The molecule has 4 aromatic rings. The summed E-state index contributed by atoms with van der Waals surface area (Å²) in [6.07, 6.45) is 0. The summed E-state index contributed by atoms with van der Waals surface area (Å²) in [6, 6.07) is 32.6. The second-order valence-corrected chi connectivity index (χ2v) is 46.7. The first-order valence-electron chi connectivity index (χ1n) is 14.4. The summed E-state index contributed by atoms with van der Waals surface area (Å²) < 4.78 is 25.4. The molecule has 0 bridgehead atoms. The van der Waals surface area contributed by atoms with Crippen molar-refractivity contribution < 1.29 is 28.5 Å². The Hall–Kier alpha value is -2.33. The molecule has 6 nitrogen and oxygen atoms in total. The first kappa shape index (κ1) is 35.5. The molecule has 0 aromatic heterocycles. The first-order chi connectivity index (χ1) is 21.1. The van der Waals surface area contributed by atoms with Crippen molar-refractivity contribution in [1.82, 2.24) is 0 Å². The van der Waals surface area contributed by atoms with Crippen molar-refractivity contribution in [3.8, 4) is 33.8 Å². The van der Waals surface area contributed by atoms with E-state index < -0.39 is 33.4 Å². The molecule has 0 amide bonds. The normalized spacial score (nSPS) is 12.3. The molecule has 0 N–H and O–H groups in total. The van der Waals surface area contributed by atoms with E-state index in [0.717, 1.165) is 22.3 Å². The molecule has 0 unspecified atom stereocenters. The van der Waals surface area contributed by atoms with Crippen LogP contribution in [0.25, 0.3) is 22.3 Å². The molecule has 0 aliphatic rings. The summed E-state index contributed by atoms with van der Waals surface area (Å²) in [5.74, 6) is 0.419. The van der Waals surface area contributed by atoms with Crippen LogP contribution in [0.4, 0.5) is 0 Å². The molecule has 0 fully saturated rings. The van der Waals surface area contributed by atoms with Gasteiger partial charge in [-0.25, -0.2) is 0 Å². The monoisotopic (exact) mass is 950 g/mol. The van der Waals surface area contributed by atoms with Gasteiger partial charge in [0.15, 0.2) is 0 Å². The fourth-order valence-electron chi connectivity index (χ4n) is 4.43. The number of hydrogen-bond donors (Lipinski definition) is 0. The van der Waals surface area contributed by atoms with E-state index in [1.54, 1.807) is 0 Å². The molecule has 0 aliphatic carbocycles. The number of carbonyl (C=O) groups excluding carboxylic acids is 2. The number of ether oxygens (including phenoxy) is 4. The van der Waals surface area contributed by atoms with Gasteiger partial charge < -0.3 is 0 Å². The van der Waals surface area contributed by atoms with Crippen molar-refractivity contribution in [3.63, 3.8) is 0 Å². The molecule has 45 heavy (non-hydrogen) atoms. The van der Waals surface area contributed by atoms with Crippen LogP contribution in [0.15, 0.2) is 97.1 Å². The molecule has 0 spiro atoms. The van der Waals surface area contributed by atoms with Crippen molar-refractivity contribution in [1.29, 1.82) is 0 Å². The molecule has 0 atom stereocenters. The molecule has 0 heterocycles. The van der Waals surface area contributed by atoms with E-state index in [0.29, 0.717) is 11.5 Å². The number of rotatable bonds is 10. The Morgan fingerprint density at radius 3 is 1.27 bits per heavy atom. The van der Waals surface area contributed by atoms with Gasteiger partial charge in [-0.15, -0.1) is 0 Å². The van der Waals surface area contributed by atoms with Crippen LogP contribution < -0.4 is 16.7 Å². The third-order valence-corrected chi connectivity index (χ3v) is 24.7. The van der Waals surface area contributed by atoms with Crippen LogP contribution in [0.1, 0.15) is 41.5 Å². The molecule has 0 saturated heterocycles. The summed E-state index contributed by atoms with van der Waals surface area (Å²) in [6.45, 7) is 10.7. The van der Waals surface area contributed by atoms with E-state index in [4.69, 9.17) is 18.9 Å². The second-order valence-electron chi connectivity index (χ2n) is 12.3. The van der Waals surface area contributed by atoms with E-state index in [2.05, 4.69) is 61.7 Å². The standard InChI is InChI=1S/C36H38I2O6Te/c1-35(2,3)43-33(39)23-41-31-19-17-27(21-29(31)25-13-9-7-10-14-25)45(37,38)28-18-20-32(42-24-34(40)44-36(4,5)6)30(22-28)26-15-11-8-12-16-26/h7-22H,23-24H2,1-6H3. The third kappa shape index (κ3) is 10.3. The van der Waals surface area contributed by atoms with E-state index in [9.17, 15) is 9.59 Å². The van der Waals surface area contributed by atoms with Crippen LogP contribution in [-0.4, -0.2) is 46.6 Å². The van der Waals surface area contributed by atoms with Crippen LogP contribution in [0.5, 0.6) is 11.5 Å². The molecule has 0 saturated carbocycles. The van der Waals surface area contributed by atoms with Gasteiger partial charge in [0.2, 0.25) is 0 Å². The summed E-state index contributed by atoms with van der Waals surface area (Å²) in [5.41, 5.74) is 2.66. The van der Waals surface area contributed by atoms with Gasteiger partial charge in [-0.2, -0.15) is 0 Å². The quantitative estimate of drug-likeness (QED) is 0.0917. The van der Waals surface area contributed by atoms with Crippen LogP contribution >= 0.6 is 37.4 Å². The topological polar surface area (TPSA) is 71.1 Å². The van der Waals surface area contributed by atoms with Crippen molar-refractivity contribution >= 4 is 66.8 Å². The minimum absolute atomic E-state index is 0.178. The van der Waals surface area contributed by atoms with Gasteiger partial charge in [0.05, 0.1) is 0 Å². The first-order valence-corrected chi connectivity index (χ1v) is 30.3. The Bertz CT molecular complexity index is 1510. The van der Waals surface area contributed by atoms with Gasteiger partial charge in [0.25, 0.3) is 0 Å². The van der Waals surface area contributed by atoms with Crippen molar-refractivity contribution in [2.75, 3.05) is 13.2 Å². The number of esters is 2. The molecule has 0 aliphatic heterocycles. The Kier molecular flexibility index (Phi) is 11.9. The molecule has 4 rings (SSSR count).